The third-order valence-electron chi connectivity index (χ3n) is 6.05. The molecule has 2 N–H and O–H groups in total. The highest BCUT2D eigenvalue weighted by Gasteiger charge is 2.47. The van der Waals surface area contributed by atoms with Gasteiger partial charge >= 0.3 is 6.18 Å². The fourth-order valence-electron chi connectivity index (χ4n) is 4.38. The Morgan fingerprint density at radius 3 is 2.80 bits per heavy atom. The van der Waals surface area contributed by atoms with Crippen LogP contribution in [0.2, 0.25) is 0 Å². The van der Waals surface area contributed by atoms with E-state index in [1.165, 1.54) is 0 Å². The van der Waals surface area contributed by atoms with Crippen LogP contribution in [0.3, 0.4) is 0 Å². The molecule has 2 saturated heterocycles. The molecule has 1 aromatic carbocycles. The van der Waals surface area contributed by atoms with E-state index in [1.54, 1.807) is 23.2 Å². The Hall–Kier alpha value is -2.42. The Labute approximate surface area is 171 Å². The number of carbonyl (C=O) groups is 1. The summed E-state index contributed by atoms with van der Waals surface area (Å²) in [7, 11) is 0. The second kappa shape index (κ2) is 7.68. The monoisotopic (exact) mass is 424 g/mol. The number of fused-ring (bicyclic) bond motifs is 1. The number of hydrogen-bond acceptors (Lipinski definition) is 4. The first kappa shape index (κ1) is 20.8. The van der Waals surface area contributed by atoms with Gasteiger partial charge in [0, 0.05) is 49.4 Å². The highest BCUT2D eigenvalue weighted by atomic mass is 19.4. The lowest BCUT2D eigenvalue weighted by Crippen LogP contribution is -2.57. The largest absolute Gasteiger partial charge is 0.393 e. The van der Waals surface area contributed by atoms with Gasteiger partial charge in [0.25, 0.3) is 5.91 Å². The van der Waals surface area contributed by atoms with Crippen molar-refractivity contribution in [1.29, 1.82) is 0 Å². The van der Waals surface area contributed by atoms with Gasteiger partial charge in [-0.1, -0.05) is 6.07 Å². The standard InChI is InChI=1S/C21H24F4N4O/c1-13-4-5-17(16-3-2-7-27-18(13)16)29-10-14(21(23,24)25)9-15(11-29)28-19(30)20(22)6-8-26-12-20/h2-5,7,14-15,26H,6,8-12H2,1H3,(H,28,30)/t14-,15+,20+/m0/s1. The van der Waals surface area contributed by atoms with E-state index < -0.39 is 29.7 Å². The Morgan fingerprint density at radius 1 is 1.30 bits per heavy atom. The number of aryl methyl sites for hydroxylation is 1. The minimum atomic E-state index is -4.41. The van der Waals surface area contributed by atoms with Gasteiger partial charge < -0.3 is 15.5 Å². The number of aromatic nitrogens is 1. The van der Waals surface area contributed by atoms with Crippen LogP contribution in [0, 0.1) is 12.8 Å². The first-order valence-electron chi connectivity index (χ1n) is 10.0. The molecule has 2 fully saturated rings. The molecule has 5 nitrogen and oxygen atoms in total. The zero-order chi connectivity index (χ0) is 21.5. The van der Waals surface area contributed by atoms with Crippen molar-refractivity contribution in [3.8, 4) is 0 Å². The van der Waals surface area contributed by atoms with Crippen molar-refractivity contribution in [2.45, 2.75) is 37.7 Å². The van der Waals surface area contributed by atoms with Gasteiger partial charge in [-0.25, -0.2) is 4.39 Å². The quantitative estimate of drug-likeness (QED) is 0.744. The second-order valence-electron chi connectivity index (χ2n) is 8.24. The van der Waals surface area contributed by atoms with Crippen molar-refractivity contribution in [2.75, 3.05) is 31.1 Å². The molecule has 9 heteroatoms. The van der Waals surface area contributed by atoms with Gasteiger partial charge in [-0.3, -0.25) is 9.78 Å². The Bertz CT molecular complexity index is 942. The Morgan fingerprint density at radius 2 is 2.10 bits per heavy atom. The van der Waals surface area contributed by atoms with Gasteiger partial charge in [-0.05, 0) is 43.7 Å². The molecule has 0 bridgehead atoms. The maximum absolute atomic E-state index is 14.7. The third-order valence-corrected chi connectivity index (χ3v) is 6.05. The van der Waals surface area contributed by atoms with Crippen LogP contribution in [0.1, 0.15) is 18.4 Å². The highest BCUT2D eigenvalue weighted by molar-refractivity contribution is 5.94. The molecule has 30 heavy (non-hydrogen) atoms. The predicted molar refractivity (Wildman–Crippen MR) is 106 cm³/mol. The van der Waals surface area contributed by atoms with E-state index in [2.05, 4.69) is 15.6 Å². The molecule has 4 rings (SSSR count). The predicted octanol–water partition coefficient (Wildman–Crippen LogP) is 3.12. The minimum Gasteiger partial charge on any atom is -0.368 e. The van der Waals surface area contributed by atoms with Crippen LogP contribution in [-0.2, 0) is 4.79 Å². The molecule has 0 spiro atoms. The van der Waals surface area contributed by atoms with Crippen molar-refractivity contribution in [2.24, 2.45) is 5.92 Å². The van der Waals surface area contributed by atoms with Crippen LogP contribution in [0.25, 0.3) is 10.9 Å². The zero-order valence-electron chi connectivity index (χ0n) is 16.6. The summed E-state index contributed by atoms with van der Waals surface area (Å²) >= 11 is 0. The van der Waals surface area contributed by atoms with Crippen LogP contribution < -0.4 is 15.5 Å². The summed E-state index contributed by atoms with van der Waals surface area (Å²) in [6.07, 6.45) is -3.01. The van der Waals surface area contributed by atoms with Crippen molar-refractivity contribution in [3.63, 3.8) is 0 Å². The normalized spacial score (nSPS) is 27.4. The average molecular weight is 424 g/mol. The van der Waals surface area contributed by atoms with Crippen molar-refractivity contribution < 1.29 is 22.4 Å². The van der Waals surface area contributed by atoms with E-state index in [9.17, 15) is 22.4 Å². The smallest absolute Gasteiger partial charge is 0.368 e. The summed E-state index contributed by atoms with van der Waals surface area (Å²) in [6, 6.07) is 6.38. The molecule has 3 heterocycles. The number of alkyl halides is 4. The van der Waals surface area contributed by atoms with E-state index in [-0.39, 0.29) is 32.5 Å². The number of anilines is 1. The number of rotatable bonds is 3. The molecule has 2 aliphatic heterocycles. The minimum absolute atomic E-state index is 0.0201. The first-order chi connectivity index (χ1) is 14.2. The molecule has 0 unspecified atom stereocenters. The lowest BCUT2D eigenvalue weighted by molar-refractivity contribution is -0.178. The molecule has 162 valence electrons. The van der Waals surface area contributed by atoms with E-state index in [4.69, 9.17) is 0 Å². The molecule has 0 radical (unpaired) electrons. The molecule has 0 saturated carbocycles. The number of nitrogens with zero attached hydrogens (tertiary/aromatic N) is 2. The van der Waals surface area contributed by atoms with Crippen LogP contribution >= 0.6 is 0 Å². The molecule has 3 atom stereocenters. The SMILES string of the molecule is Cc1ccc(N2C[C@H](NC(=O)[C@@]3(F)CCNC3)C[C@H](C(F)(F)F)C2)c2cccnc12. The number of hydrogen-bond donors (Lipinski definition) is 2. The lowest BCUT2D eigenvalue weighted by atomic mass is 9.91. The van der Waals surface area contributed by atoms with Gasteiger partial charge in [0.05, 0.1) is 11.4 Å². The number of carbonyl (C=O) groups excluding carboxylic acids is 1. The summed E-state index contributed by atoms with van der Waals surface area (Å²) in [5.41, 5.74) is 0.215. The van der Waals surface area contributed by atoms with Crippen molar-refractivity contribution in [3.05, 3.63) is 36.0 Å². The zero-order valence-corrected chi connectivity index (χ0v) is 16.6. The molecule has 1 amide bonds. The molecule has 2 aromatic rings. The summed E-state index contributed by atoms with van der Waals surface area (Å²) in [4.78, 5) is 18.4. The topological polar surface area (TPSA) is 57.3 Å². The van der Waals surface area contributed by atoms with Gasteiger partial charge in [0.1, 0.15) is 0 Å². The maximum atomic E-state index is 14.7. The molecule has 0 aliphatic carbocycles. The van der Waals surface area contributed by atoms with Crippen LogP contribution in [0.15, 0.2) is 30.5 Å². The lowest BCUT2D eigenvalue weighted by Gasteiger charge is -2.41. The summed E-state index contributed by atoms with van der Waals surface area (Å²) in [5.74, 6) is -2.46. The Kier molecular flexibility index (Phi) is 5.34. The molecule has 1 aromatic heterocycles. The number of benzene rings is 1. The van der Waals surface area contributed by atoms with Crippen molar-refractivity contribution in [1.82, 2.24) is 15.6 Å². The number of piperidine rings is 1. The van der Waals surface area contributed by atoms with Gasteiger partial charge in [0.2, 0.25) is 5.67 Å². The highest BCUT2D eigenvalue weighted by Crippen LogP contribution is 2.37. The average Bonchev–Trinajstić information content (AvgIpc) is 3.15. The van der Waals surface area contributed by atoms with E-state index >= 15 is 0 Å². The van der Waals surface area contributed by atoms with Gasteiger partial charge in [-0.2, -0.15) is 13.2 Å². The number of amides is 1. The van der Waals surface area contributed by atoms with E-state index in [0.717, 1.165) is 16.5 Å². The molecule has 2 aliphatic rings. The van der Waals surface area contributed by atoms with Crippen molar-refractivity contribution >= 4 is 22.5 Å². The Balaban J connectivity index is 1.63. The summed E-state index contributed by atoms with van der Waals surface area (Å²) < 4.78 is 55.7. The first-order valence-corrected chi connectivity index (χ1v) is 10.0. The fraction of sp³-hybridized carbons (Fsp3) is 0.524. The number of pyridine rings is 1. The number of nitrogens with one attached hydrogen (secondary N) is 2. The van der Waals surface area contributed by atoms with Crippen LogP contribution in [0.4, 0.5) is 23.2 Å². The summed E-state index contributed by atoms with van der Waals surface area (Å²) in [5, 5.41) is 6.10. The van der Waals surface area contributed by atoms with E-state index in [0.29, 0.717) is 12.2 Å². The van der Waals surface area contributed by atoms with Gasteiger partial charge in [-0.15, -0.1) is 0 Å². The molecular formula is C21H24F4N4O. The second-order valence-corrected chi connectivity index (χ2v) is 8.24. The molecular weight excluding hydrogens is 400 g/mol. The van der Waals surface area contributed by atoms with Crippen LogP contribution in [0.5, 0.6) is 0 Å². The number of halogens is 4. The fourth-order valence-corrected chi connectivity index (χ4v) is 4.38. The maximum Gasteiger partial charge on any atom is 0.393 e. The summed E-state index contributed by atoms with van der Waals surface area (Å²) in [6.45, 7) is 2.10. The third kappa shape index (κ3) is 3.95. The van der Waals surface area contributed by atoms with Gasteiger partial charge in [0.15, 0.2) is 0 Å². The van der Waals surface area contributed by atoms with Crippen LogP contribution in [-0.4, -0.2) is 55.0 Å². The van der Waals surface area contributed by atoms with E-state index in [1.807, 2.05) is 19.1 Å².